The number of aryl methyl sites for hydroxylation is 2. The molecular weight excluding hydrogens is 236 g/mol. The van der Waals surface area contributed by atoms with Gasteiger partial charge in [0.2, 0.25) is 5.91 Å². The van der Waals surface area contributed by atoms with Gasteiger partial charge in [0, 0.05) is 0 Å². The average molecular weight is 254 g/mol. The third-order valence-electron chi connectivity index (χ3n) is 3.01. The lowest BCUT2D eigenvalue weighted by Gasteiger charge is -2.09. The van der Waals surface area contributed by atoms with Gasteiger partial charge in [0.15, 0.2) is 0 Å². The largest absolute Gasteiger partial charge is 0.299 e. The lowest BCUT2D eigenvalue weighted by Crippen LogP contribution is -2.30. The quantitative estimate of drug-likeness (QED) is 0.824. The minimum absolute atomic E-state index is 0.0464. The number of carbonyl (C=O) groups is 1. The second-order valence-electron chi connectivity index (χ2n) is 4.64. The minimum Gasteiger partial charge on any atom is -0.299 e. The Bertz CT molecular complexity index is 561. The Kier molecular flexibility index (Phi) is 4.18. The van der Waals surface area contributed by atoms with E-state index in [1.165, 1.54) is 5.56 Å². The first-order valence-electron chi connectivity index (χ1n) is 6.31. The van der Waals surface area contributed by atoms with Crippen LogP contribution in [0.5, 0.6) is 0 Å². The summed E-state index contributed by atoms with van der Waals surface area (Å²) in [5.41, 5.74) is 9.87. The Balaban J connectivity index is 1.88. The van der Waals surface area contributed by atoms with Crippen molar-refractivity contribution in [2.45, 2.75) is 20.3 Å². The number of hydrazine groups is 1. The molecule has 0 radical (unpaired) electrons. The van der Waals surface area contributed by atoms with Crippen LogP contribution in [0.3, 0.4) is 0 Å². The molecule has 2 N–H and O–H groups in total. The van der Waals surface area contributed by atoms with E-state index < -0.39 is 0 Å². The normalized spacial score (nSPS) is 10.0. The first-order valence-corrected chi connectivity index (χ1v) is 6.31. The molecule has 0 saturated carbocycles. The van der Waals surface area contributed by atoms with E-state index in [1.54, 1.807) is 0 Å². The lowest BCUT2D eigenvalue weighted by atomic mass is 10.1. The van der Waals surface area contributed by atoms with Crippen molar-refractivity contribution >= 4 is 11.6 Å². The predicted octanol–water partition coefficient (Wildman–Crippen LogP) is 2.99. The summed E-state index contributed by atoms with van der Waals surface area (Å²) in [7, 11) is 0. The second kappa shape index (κ2) is 6.05. The van der Waals surface area contributed by atoms with Crippen LogP contribution in [0.1, 0.15) is 16.7 Å². The van der Waals surface area contributed by atoms with E-state index in [2.05, 4.69) is 10.9 Å². The smallest absolute Gasteiger partial charge is 0.242 e. The third-order valence-corrected chi connectivity index (χ3v) is 3.01. The van der Waals surface area contributed by atoms with Crippen LogP contribution in [0.15, 0.2) is 48.5 Å². The molecule has 0 bridgehead atoms. The molecule has 3 heteroatoms. The SMILES string of the molecule is Cc1ccc(NNC(=O)Cc2ccccc2C)cc1. The van der Waals surface area contributed by atoms with Crippen molar-refractivity contribution in [1.29, 1.82) is 0 Å². The number of amides is 1. The van der Waals surface area contributed by atoms with Gasteiger partial charge in [0.05, 0.1) is 12.1 Å². The number of rotatable bonds is 4. The maximum atomic E-state index is 11.8. The van der Waals surface area contributed by atoms with Gasteiger partial charge >= 0.3 is 0 Å². The zero-order valence-corrected chi connectivity index (χ0v) is 11.2. The fourth-order valence-electron chi connectivity index (χ4n) is 1.80. The molecule has 0 aliphatic rings. The third kappa shape index (κ3) is 3.85. The molecule has 3 nitrogen and oxygen atoms in total. The monoisotopic (exact) mass is 254 g/mol. The predicted molar refractivity (Wildman–Crippen MR) is 77.8 cm³/mol. The van der Waals surface area contributed by atoms with Crippen molar-refractivity contribution in [3.63, 3.8) is 0 Å². The fraction of sp³-hybridized carbons (Fsp3) is 0.188. The maximum absolute atomic E-state index is 11.8. The van der Waals surface area contributed by atoms with E-state index in [4.69, 9.17) is 0 Å². The van der Waals surface area contributed by atoms with Gasteiger partial charge in [-0.05, 0) is 37.1 Å². The van der Waals surface area contributed by atoms with Crippen molar-refractivity contribution in [2.24, 2.45) is 0 Å². The van der Waals surface area contributed by atoms with Crippen LogP contribution in [0.25, 0.3) is 0 Å². The van der Waals surface area contributed by atoms with Gasteiger partial charge in [-0.25, -0.2) is 0 Å². The number of nitrogens with one attached hydrogen (secondary N) is 2. The topological polar surface area (TPSA) is 41.1 Å². The number of anilines is 1. The molecule has 0 heterocycles. The summed E-state index contributed by atoms with van der Waals surface area (Å²) < 4.78 is 0. The molecule has 19 heavy (non-hydrogen) atoms. The number of carbonyl (C=O) groups excluding carboxylic acids is 1. The van der Waals surface area contributed by atoms with Crippen LogP contribution >= 0.6 is 0 Å². The minimum atomic E-state index is -0.0464. The summed E-state index contributed by atoms with van der Waals surface area (Å²) >= 11 is 0. The van der Waals surface area contributed by atoms with Crippen molar-refractivity contribution < 1.29 is 4.79 Å². The highest BCUT2D eigenvalue weighted by atomic mass is 16.2. The molecule has 0 fully saturated rings. The molecule has 0 saturated heterocycles. The Hall–Kier alpha value is -2.29. The van der Waals surface area contributed by atoms with Gasteiger partial charge in [0.1, 0.15) is 0 Å². The van der Waals surface area contributed by atoms with E-state index >= 15 is 0 Å². The highest BCUT2D eigenvalue weighted by molar-refractivity contribution is 5.80. The summed E-state index contributed by atoms with van der Waals surface area (Å²) in [6.45, 7) is 4.04. The van der Waals surface area contributed by atoms with Crippen LogP contribution in [-0.4, -0.2) is 5.91 Å². The molecule has 98 valence electrons. The number of hydrogen-bond donors (Lipinski definition) is 2. The first-order chi connectivity index (χ1) is 9.15. The highest BCUT2D eigenvalue weighted by Crippen LogP contribution is 2.09. The second-order valence-corrected chi connectivity index (χ2v) is 4.64. The zero-order chi connectivity index (χ0) is 13.7. The molecule has 2 aromatic rings. The van der Waals surface area contributed by atoms with E-state index in [9.17, 15) is 4.79 Å². The Morgan fingerprint density at radius 2 is 1.68 bits per heavy atom. The van der Waals surface area contributed by atoms with Crippen LogP contribution in [0, 0.1) is 13.8 Å². The van der Waals surface area contributed by atoms with Gasteiger partial charge in [-0.3, -0.25) is 15.6 Å². The van der Waals surface area contributed by atoms with E-state index in [0.29, 0.717) is 6.42 Å². The molecule has 0 aliphatic heterocycles. The van der Waals surface area contributed by atoms with Crippen LogP contribution in [0.4, 0.5) is 5.69 Å². The zero-order valence-electron chi connectivity index (χ0n) is 11.2. The summed E-state index contributed by atoms with van der Waals surface area (Å²) in [6.07, 6.45) is 0.380. The molecule has 0 aromatic heterocycles. The molecular formula is C16H18N2O. The fourth-order valence-corrected chi connectivity index (χ4v) is 1.80. The van der Waals surface area contributed by atoms with Crippen molar-refractivity contribution in [1.82, 2.24) is 5.43 Å². The number of benzene rings is 2. The van der Waals surface area contributed by atoms with Gasteiger partial charge < -0.3 is 0 Å². The molecule has 1 amide bonds. The van der Waals surface area contributed by atoms with Crippen LogP contribution in [-0.2, 0) is 11.2 Å². The van der Waals surface area contributed by atoms with Crippen LogP contribution < -0.4 is 10.9 Å². The first kappa shape index (κ1) is 13.1. The molecule has 0 atom stereocenters. The average Bonchev–Trinajstić information content (AvgIpc) is 2.41. The molecule has 0 spiro atoms. The van der Waals surface area contributed by atoms with Crippen molar-refractivity contribution in [2.75, 3.05) is 5.43 Å². The summed E-state index contributed by atoms with van der Waals surface area (Å²) in [5, 5.41) is 0. The van der Waals surface area contributed by atoms with Gasteiger partial charge in [0.25, 0.3) is 0 Å². The van der Waals surface area contributed by atoms with E-state index in [0.717, 1.165) is 16.8 Å². The van der Waals surface area contributed by atoms with Gasteiger partial charge in [-0.15, -0.1) is 0 Å². The van der Waals surface area contributed by atoms with Gasteiger partial charge in [-0.1, -0.05) is 42.0 Å². The Labute approximate surface area is 113 Å². The summed E-state index contributed by atoms with van der Waals surface area (Å²) in [4.78, 5) is 11.8. The Morgan fingerprint density at radius 3 is 2.37 bits per heavy atom. The van der Waals surface area contributed by atoms with Crippen molar-refractivity contribution in [3.8, 4) is 0 Å². The number of hydrogen-bond acceptors (Lipinski definition) is 2. The van der Waals surface area contributed by atoms with E-state index in [-0.39, 0.29) is 5.91 Å². The van der Waals surface area contributed by atoms with Gasteiger partial charge in [-0.2, -0.15) is 0 Å². The highest BCUT2D eigenvalue weighted by Gasteiger charge is 2.04. The van der Waals surface area contributed by atoms with Crippen LogP contribution in [0.2, 0.25) is 0 Å². The molecule has 0 aliphatic carbocycles. The maximum Gasteiger partial charge on any atom is 0.242 e. The summed E-state index contributed by atoms with van der Waals surface area (Å²) in [5.74, 6) is -0.0464. The van der Waals surface area contributed by atoms with E-state index in [1.807, 2.05) is 62.4 Å². The lowest BCUT2D eigenvalue weighted by molar-refractivity contribution is -0.119. The standard InChI is InChI=1S/C16H18N2O/c1-12-7-9-15(10-8-12)17-18-16(19)11-14-6-4-3-5-13(14)2/h3-10,17H,11H2,1-2H3,(H,18,19). The molecule has 2 aromatic carbocycles. The summed E-state index contributed by atoms with van der Waals surface area (Å²) in [6, 6.07) is 15.8. The molecule has 2 rings (SSSR count). The Morgan fingerprint density at radius 1 is 1.00 bits per heavy atom. The van der Waals surface area contributed by atoms with Crippen molar-refractivity contribution in [3.05, 3.63) is 65.2 Å². The molecule has 0 unspecified atom stereocenters.